The quantitative estimate of drug-likeness (QED) is 0.0169. The highest BCUT2D eigenvalue weighted by Crippen LogP contribution is 2.45. The summed E-state index contributed by atoms with van der Waals surface area (Å²) >= 11 is 0. The van der Waals surface area contributed by atoms with E-state index in [1.807, 2.05) is 54.7 Å². The predicted octanol–water partition coefficient (Wildman–Crippen LogP) is 23.8. The lowest BCUT2D eigenvalue weighted by atomic mass is 10.2. The number of rotatable bonds is 71. The molecule has 612 valence electrons. The molecule has 19 heteroatoms. The van der Waals surface area contributed by atoms with Crippen LogP contribution in [0.1, 0.15) is 233 Å². The molecule has 110 heavy (non-hydrogen) atoms. The maximum Gasteiger partial charge on any atom is 0.472 e. The Morgan fingerprint density at radius 3 is 0.745 bits per heavy atom. The van der Waals surface area contributed by atoms with Crippen LogP contribution in [0.15, 0.2) is 255 Å². The van der Waals surface area contributed by atoms with Gasteiger partial charge >= 0.3 is 39.5 Å². The van der Waals surface area contributed by atoms with E-state index in [0.29, 0.717) is 51.4 Å². The number of carbonyl (C=O) groups excluding carboxylic acids is 4. The summed E-state index contributed by atoms with van der Waals surface area (Å²) in [6.07, 6.45) is 106. The molecule has 5 unspecified atom stereocenters. The third-order valence-electron chi connectivity index (χ3n) is 15.0. The lowest BCUT2D eigenvalue weighted by molar-refractivity contribution is -0.161. The van der Waals surface area contributed by atoms with E-state index >= 15 is 0 Å². The fourth-order valence-electron chi connectivity index (χ4n) is 9.12. The highest BCUT2D eigenvalue weighted by Gasteiger charge is 2.30. The second-order valence-corrected chi connectivity index (χ2v) is 28.0. The van der Waals surface area contributed by atoms with Crippen molar-refractivity contribution in [3.8, 4) is 0 Å². The molecule has 0 aromatic rings. The van der Waals surface area contributed by atoms with Gasteiger partial charge in [0, 0.05) is 25.7 Å². The smallest absolute Gasteiger partial charge is 0.462 e. The highest BCUT2D eigenvalue weighted by molar-refractivity contribution is 7.47. The van der Waals surface area contributed by atoms with Crippen LogP contribution in [-0.4, -0.2) is 96.7 Å². The first kappa shape index (κ1) is 103. The number of phosphoric ester groups is 2. The first-order valence-electron chi connectivity index (χ1n) is 39.9. The molecule has 0 aliphatic carbocycles. The van der Waals surface area contributed by atoms with Crippen LogP contribution in [0.2, 0.25) is 0 Å². The Bertz CT molecular complexity index is 3100. The molecule has 0 aliphatic heterocycles. The molecule has 0 fully saturated rings. The first-order valence-corrected chi connectivity index (χ1v) is 42.9. The van der Waals surface area contributed by atoms with Crippen LogP contribution < -0.4 is 0 Å². The van der Waals surface area contributed by atoms with Gasteiger partial charge in [-0.2, -0.15) is 0 Å². The van der Waals surface area contributed by atoms with E-state index in [1.54, 1.807) is 0 Å². The number of hydrogen-bond donors (Lipinski definition) is 3. The maximum atomic E-state index is 13.1. The molecule has 0 saturated heterocycles. The Balaban J connectivity index is 5.64. The molecular formula is C91H136O17P2. The van der Waals surface area contributed by atoms with Crippen molar-refractivity contribution in [2.24, 2.45) is 0 Å². The normalized spacial score (nSPS) is 15.2. The minimum Gasteiger partial charge on any atom is -0.462 e. The SMILES string of the molecule is CC/C=C\C/C=C\C/C=C\C/C=C\C/C=C\C/C=C\CCC(=O)OCC(COP(=O)(O)OCC(O)COP(=O)(O)OCC(COC(=O)CCC/C=C\C/C=C\C/C=C\C/C=C\C/C=C\CC)OC(=O)CCCC/C=C\C/C=C\C/C=C\C/C=C\CC)OC(=O)CC/C=C\C/C=C\C/C=C\C/C=C\C/C=C\C/C=C\CC. The van der Waals surface area contributed by atoms with Crippen LogP contribution in [0.3, 0.4) is 0 Å². The van der Waals surface area contributed by atoms with Crippen LogP contribution in [0.25, 0.3) is 0 Å². The minimum absolute atomic E-state index is 0.00569. The molecule has 5 atom stereocenters. The molecule has 0 aliphatic rings. The van der Waals surface area contributed by atoms with E-state index in [-0.39, 0.29) is 25.7 Å². The van der Waals surface area contributed by atoms with Gasteiger partial charge in [0.2, 0.25) is 0 Å². The summed E-state index contributed by atoms with van der Waals surface area (Å²) in [6, 6.07) is 0. The van der Waals surface area contributed by atoms with Gasteiger partial charge in [0.25, 0.3) is 0 Å². The molecule has 0 radical (unpaired) electrons. The standard InChI is InChI=1S/C91H136O17P2/c1-5-9-13-17-21-25-29-33-37-40-42-45-49-52-56-60-64-68-72-76-89(94)102-82-87(108-91(96)78-74-70-66-62-58-54-50-46-43-41-38-34-30-26-22-18-14-10-6-2)84-106-110(99,100)104-80-85(92)79-103-109(97,98)105-83-86(107-90(95)77-73-69-65-61-57-53-47-36-32-28-24-20-16-12-8-4)81-101-88(93)75-71-67-63-59-55-51-48-44-39-35-31-27-23-19-15-11-7-3/h9-16,21-28,33-39,42-43,45-48,51-52,54,56-59,61,63-64,66,68,70,85-87,92H,5-8,17-20,29-32,40-41,44,49-50,53,55,60,62,65,67,69,71-84H2,1-4H3,(H,97,98)(H,99,100)/b13-9-,14-10-,15-11-,16-12-,25-21-,26-22-,27-23-,28-24-,37-33-,38-34-,39-35-,45-42-,46-43-,47-36-,51-48-,56-52-,58-54-,61-57-,63-59-,68-64-,70-66-. The Hall–Kier alpha value is -7.40. The fourth-order valence-corrected chi connectivity index (χ4v) is 10.7. The molecule has 17 nitrogen and oxygen atoms in total. The fraction of sp³-hybridized carbons (Fsp3) is 0.495. The molecule has 0 amide bonds. The summed E-state index contributed by atoms with van der Waals surface area (Å²) in [5, 5.41) is 10.6. The topological polar surface area (TPSA) is 237 Å². The maximum absolute atomic E-state index is 13.1. The number of phosphoric acid groups is 2. The second kappa shape index (κ2) is 79.7. The minimum atomic E-state index is -5.04. The molecule has 0 aromatic heterocycles. The number of hydrogen-bond acceptors (Lipinski definition) is 15. The van der Waals surface area contributed by atoms with Crippen molar-refractivity contribution in [2.45, 2.75) is 251 Å². The number of carbonyl (C=O) groups is 4. The summed E-state index contributed by atoms with van der Waals surface area (Å²) in [7, 11) is -10.1. The van der Waals surface area contributed by atoms with Gasteiger partial charge in [-0.05, 0) is 180 Å². The van der Waals surface area contributed by atoms with Crippen molar-refractivity contribution in [3.05, 3.63) is 255 Å². The van der Waals surface area contributed by atoms with Gasteiger partial charge in [-0.25, -0.2) is 9.13 Å². The van der Waals surface area contributed by atoms with E-state index in [9.17, 15) is 43.2 Å². The Morgan fingerprint density at radius 2 is 0.464 bits per heavy atom. The van der Waals surface area contributed by atoms with Crippen molar-refractivity contribution in [1.29, 1.82) is 0 Å². The van der Waals surface area contributed by atoms with Crippen molar-refractivity contribution in [3.63, 3.8) is 0 Å². The molecule has 0 bridgehead atoms. The summed E-state index contributed by atoms with van der Waals surface area (Å²) in [6.45, 7) is 4.06. The molecule has 0 saturated carbocycles. The second-order valence-electron chi connectivity index (χ2n) is 25.1. The molecule has 0 heterocycles. The van der Waals surface area contributed by atoms with Crippen LogP contribution in [0.4, 0.5) is 0 Å². The largest absolute Gasteiger partial charge is 0.472 e. The summed E-state index contributed by atoms with van der Waals surface area (Å²) < 4.78 is 68.3. The van der Waals surface area contributed by atoms with Gasteiger partial charge in [-0.15, -0.1) is 0 Å². The van der Waals surface area contributed by atoms with Crippen LogP contribution in [0, 0.1) is 0 Å². The van der Waals surface area contributed by atoms with Gasteiger partial charge in [-0.3, -0.25) is 37.3 Å². The Kier molecular flexibility index (Phi) is 74.3. The number of aliphatic hydroxyl groups excluding tert-OH is 1. The third-order valence-corrected chi connectivity index (χ3v) is 16.9. The van der Waals surface area contributed by atoms with Gasteiger partial charge in [-0.1, -0.05) is 283 Å². The molecule has 0 aromatic carbocycles. The summed E-state index contributed by atoms with van der Waals surface area (Å²) in [5.74, 6) is -2.53. The van der Waals surface area contributed by atoms with Crippen molar-refractivity contribution < 1.29 is 80.2 Å². The van der Waals surface area contributed by atoms with Crippen LogP contribution >= 0.6 is 15.6 Å². The number of unbranched alkanes of at least 4 members (excludes halogenated alkanes) is 3. The van der Waals surface area contributed by atoms with Gasteiger partial charge < -0.3 is 33.8 Å². The first-order chi connectivity index (χ1) is 53.7. The third kappa shape index (κ3) is 78.7. The van der Waals surface area contributed by atoms with E-state index in [2.05, 4.69) is 228 Å². The Labute approximate surface area is 662 Å². The lowest BCUT2D eigenvalue weighted by Gasteiger charge is -2.21. The van der Waals surface area contributed by atoms with Crippen molar-refractivity contribution >= 4 is 39.5 Å². The van der Waals surface area contributed by atoms with E-state index in [1.165, 1.54) is 0 Å². The monoisotopic (exact) mass is 1560 g/mol. The van der Waals surface area contributed by atoms with Gasteiger partial charge in [0.05, 0.1) is 26.4 Å². The summed E-state index contributed by atoms with van der Waals surface area (Å²) in [4.78, 5) is 73.0. The molecular weight excluding hydrogens is 1430 g/mol. The predicted molar refractivity (Wildman–Crippen MR) is 454 cm³/mol. The number of allylic oxidation sites excluding steroid dienone is 42. The Morgan fingerprint density at radius 1 is 0.255 bits per heavy atom. The zero-order chi connectivity index (χ0) is 80.3. The highest BCUT2D eigenvalue weighted by atomic mass is 31.2. The van der Waals surface area contributed by atoms with E-state index < -0.39 is 97.5 Å². The van der Waals surface area contributed by atoms with E-state index in [0.717, 1.165) is 128 Å². The van der Waals surface area contributed by atoms with Gasteiger partial charge in [0.1, 0.15) is 19.3 Å². The number of esters is 4. The van der Waals surface area contributed by atoms with Crippen LogP contribution in [0.5, 0.6) is 0 Å². The van der Waals surface area contributed by atoms with Gasteiger partial charge in [0.15, 0.2) is 12.2 Å². The zero-order valence-corrected chi connectivity index (χ0v) is 68.6. The lowest BCUT2D eigenvalue weighted by Crippen LogP contribution is -2.30. The average molecular weight is 1560 g/mol. The number of aliphatic hydroxyl groups is 1. The van der Waals surface area contributed by atoms with Crippen molar-refractivity contribution in [1.82, 2.24) is 0 Å². The molecule has 0 spiro atoms. The van der Waals surface area contributed by atoms with Crippen molar-refractivity contribution in [2.75, 3.05) is 39.6 Å². The zero-order valence-electron chi connectivity index (χ0n) is 66.8. The number of ether oxygens (including phenoxy) is 4. The van der Waals surface area contributed by atoms with Crippen LogP contribution in [-0.2, 0) is 65.4 Å². The van der Waals surface area contributed by atoms with E-state index in [4.69, 9.17) is 37.0 Å². The molecule has 3 N–H and O–H groups in total. The summed E-state index contributed by atoms with van der Waals surface area (Å²) in [5.41, 5.74) is 0. The average Bonchev–Trinajstić information content (AvgIpc) is 0.900. The molecule has 0 rings (SSSR count).